The average Bonchev–Trinajstić information content (AvgIpc) is 2.91. The third kappa shape index (κ3) is 3.13. The van der Waals surface area contributed by atoms with E-state index in [-0.39, 0.29) is 5.91 Å². The number of nitrogens with zero attached hydrogens (tertiary/aromatic N) is 1. The van der Waals surface area contributed by atoms with E-state index in [0.29, 0.717) is 6.42 Å². The van der Waals surface area contributed by atoms with E-state index in [1.807, 2.05) is 24.3 Å². The average molecular weight is 305 g/mol. The predicted molar refractivity (Wildman–Crippen MR) is 81.5 cm³/mol. The Labute approximate surface area is 128 Å². The zero-order valence-electron chi connectivity index (χ0n) is 12.8. The van der Waals surface area contributed by atoms with E-state index in [0.717, 1.165) is 16.5 Å². The second kappa shape index (κ2) is 6.84. The van der Waals surface area contributed by atoms with Gasteiger partial charge in [0.25, 0.3) is 0 Å². The highest BCUT2D eigenvalue weighted by molar-refractivity contribution is 5.88. The molecule has 0 aliphatic heterocycles. The molecule has 2 rings (SSSR count). The van der Waals surface area contributed by atoms with Crippen molar-refractivity contribution < 1.29 is 19.2 Å². The Hall–Kier alpha value is -2.70. The van der Waals surface area contributed by atoms with Gasteiger partial charge in [-0.1, -0.05) is 18.2 Å². The molecule has 1 aromatic heterocycles. The molecule has 0 bridgehead atoms. The molecule has 1 atom stereocenters. The fourth-order valence-electron chi connectivity index (χ4n) is 2.34. The highest BCUT2D eigenvalue weighted by Crippen LogP contribution is 2.21. The molecule has 0 aliphatic carbocycles. The smallest absolute Gasteiger partial charge is 0.407 e. The normalized spacial score (nSPS) is 11.8. The number of benzene rings is 1. The van der Waals surface area contributed by atoms with Crippen LogP contribution >= 0.6 is 0 Å². The van der Waals surface area contributed by atoms with Gasteiger partial charge in [0.1, 0.15) is 13.2 Å². The summed E-state index contributed by atoms with van der Waals surface area (Å²) in [7, 11) is 4.35. The van der Waals surface area contributed by atoms with Gasteiger partial charge in [0.05, 0.1) is 12.6 Å². The molecule has 0 aliphatic rings. The standard InChI is InChI=1S/C15H19N3O4/c1-16-14(19)12(17-15(20)21-2)8-10-9-18(22-3)13-7-5-4-6-11(10)13/h4-7,9,12H,8H2,1-3H3,(H,16,19)(H,17,20)/t12-/m0/s1. The molecule has 2 N–H and O–H groups in total. The van der Waals surface area contributed by atoms with E-state index in [1.54, 1.807) is 18.0 Å². The number of alkyl carbamates (subject to hydrolysis) is 1. The molecular formula is C15H19N3O4. The van der Waals surface area contributed by atoms with Gasteiger partial charge in [-0.05, 0) is 11.6 Å². The molecule has 7 heteroatoms. The number of hydrogen-bond acceptors (Lipinski definition) is 4. The van der Waals surface area contributed by atoms with Gasteiger partial charge >= 0.3 is 6.09 Å². The summed E-state index contributed by atoms with van der Waals surface area (Å²) in [4.78, 5) is 28.7. The van der Waals surface area contributed by atoms with Crippen LogP contribution in [0.1, 0.15) is 5.56 Å². The van der Waals surface area contributed by atoms with Crippen LogP contribution in [-0.2, 0) is 16.0 Å². The first-order valence-corrected chi connectivity index (χ1v) is 6.80. The molecule has 7 nitrogen and oxygen atoms in total. The maximum Gasteiger partial charge on any atom is 0.407 e. The van der Waals surface area contributed by atoms with Crippen molar-refractivity contribution in [1.82, 2.24) is 15.4 Å². The number of carbonyl (C=O) groups is 2. The van der Waals surface area contributed by atoms with Crippen LogP contribution in [0, 0.1) is 0 Å². The number of methoxy groups -OCH3 is 1. The molecule has 118 valence electrons. The molecule has 0 saturated heterocycles. The van der Waals surface area contributed by atoms with Crippen molar-refractivity contribution in [3.8, 4) is 0 Å². The number of amides is 2. The summed E-state index contributed by atoms with van der Waals surface area (Å²) in [5.74, 6) is -0.292. The number of ether oxygens (including phenoxy) is 1. The van der Waals surface area contributed by atoms with Crippen molar-refractivity contribution in [2.24, 2.45) is 0 Å². The Morgan fingerprint density at radius 2 is 2.00 bits per heavy atom. The summed E-state index contributed by atoms with van der Waals surface area (Å²) in [5, 5.41) is 6.03. The van der Waals surface area contributed by atoms with E-state index >= 15 is 0 Å². The minimum Gasteiger partial charge on any atom is -0.453 e. The number of likely N-dealkylation sites (N-methyl/N-ethyl adjacent to an activating group) is 1. The Bertz CT molecular complexity index is 680. The van der Waals surface area contributed by atoms with Crippen LogP contribution in [-0.4, -0.2) is 44.0 Å². The summed E-state index contributed by atoms with van der Waals surface area (Å²) in [5.41, 5.74) is 1.79. The van der Waals surface area contributed by atoms with Gasteiger partial charge in [-0.3, -0.25) is 4.79 Å². The van der Waals surface area contributed by atoms with E-state index < -0.39 is 12.1 Å². The number of nitrogens with one attached hydrogen (secondary N) is 2. The summed E-state index contributed by atoms with van der Waals surface area (Å²) in [6.45, 7) is 0. The monoisotopic (exact) mass is 305 g/mol. The zero-order chi connectivity index (χ0) is 16.1. The van der Waals surface area contributed by atoms with Crippen LogP contribution in [0.3, 0.4) is 0 Å². The molecule has 0 saturated carbocycles. The summed E-state index contributed by atoms with van der Waals surface area (Å²) >= 11 is 0. The van der Waals surface area contributed by atoms with Gasteiger partial charge < -0.3 is 20.2 Å². The van der Waals surface area contributed by atoms with Crippen molar-refractivity contribution in [2.75, 3.05) is 21.3 Å². The first kappa shape index (κ1) is 15.7. The summed E-state index contributed by atoms with van der Waals surface area (Å²) in [6.07, 6.45) is 1.48. The van der Waals surface area contributed by atoms with Crippen molar-refractivity contribution in [2.45, 2.75) is 12.5 Å². The SMILES string of the molecule is CNC(=O)[C@H](Cc1cn(OC)c2ccccc12)NC(=O)OC. The largest absolute Gasteiger partial charge is 0.453 e. The first-order chi connectivity index (χ1) is 10.6. The van der Waals surface area contributed by atoms with E-state index in [4.69, 9.17) is 4.84 Å². The minimum absolute atomic E-state index is 0.292. The number of aromatic nitrogens is 1. The Kier molecular flexibility index (Phi) is 4.88. The molecule has 0 radical (unpaired) electrons. The van der Waals surface area contributed by atoms with Gasteiger partial charge in [0.15, 0.2) is 0 Å². The van der Waals surface area contributed by atoms with Gasteiger partial charge in [-0.15, -0.1) is 0 Å². The highest BCUT2D eigenvalue weighted by Gasteiger charge is 2.22. The second-order valence-corrected chi connectivity index (χ2v) is 4.69. The molecule has 1 heterocycles. The van der Waals surface area contributed by atoms with E-state index in [2.05, 4.69) is 15.4 Å². The molecule has 2 amide bonds. The molecule has 22 heavy (non-hydrogen) atoms. The third-order valence-electron chi connectivity index (χ3n) is 3.42. The Balaban J connectivity index is 2.33. The highest BCUT2D eigenvalue weighted by atomic mass is 16.6. The number of rotatable bonds is 5. The molecule has 0 spiro atoms. The predicted octanol–water partition coefficient (Wildman–Crippen LogP) is 0.713. The van der Waals surface area contributed by atoms with E-state index in [9.17, 15) is 9.59 Å². The van der Waals surface area contributed by atoms with E-state index in [1.165, 1.54) is 14.2 Å². The van der Waals surface area contributed by atoms with Crippen LogP contribution in [0.4, 0.5) is 4.79 Å². The quantitative estimate of drug-likeness (QED) is 0.852. The summed E-state index contributed by atoms with van der Waals surface area (Å²) < 4.78 is 6.20. The lowest BCUT2D eigenvalue weighted by Gasteiger charge is -2.16. The second-order valence-electron chi connectivity index (χ2n) is 4.69. The van der Waals surface area contributed by atoms with Gasteiger partial charge in [0, 0.05) is 25.1 Å². The van der Waals surface area contributed by atoms with Crippen molar-refractivity contribution in [1.29, 1.82) is 0 Å². The van der Waals surface area contributed by atoms with Gasteiger partial charge in [-0.2, -0.15) is 4.73 Å². The van der Waals surface area contributed by atoms with Crippen LogP contribution in [0.25, 0.3) is 10.9 Å². The molecule has 1 aromatic carbocycles. The van der Waals surface area contributed by atoms with Crippen molar-refractivity contribution in [3.63, 3.8) is 0 Å². The molecule has 0 unspecified atom stereocenters. The van der Waals surface area contributed by atoms with Gasteiger partial charge in [0.2, 0.25) is 5.91 Å². The Morgan fingerprint density at radius 3 is 2.64 bits per heavy atom. The minimum atomic E-state index is -0.728. The first-order valence-electron chi connectivity index (χ1n) is 6.80. The number of fused-ring (bicyclic) bond motifs is 1. The lowest BCUT2D eigenvalue weighted by atomic mass is 10.0. The van der Waals surface area contributed by atoms with Crippen LogP contribution < -0.4 is 15.5 Å². The topological polar surface area (TPSA) is 81.6 Å². The molecule has 0 fully saturated rings. The van der Waals surface area contributed by atoms with Crippen LogP contribution in [0.15, 0.2) is 30.5 Å². The molecule has 2 aromatic rings. The number of carbonyl (C=O) groups excluding carboxylic acids is 2. The number of hydrogen-bond donors (Lipinski definition) is 2. The molecular weight excluding hydrogens is 286 g/mol. The summed E-state index contributed by atoms with van der Waals surface area (Å²) in [6, 6.07) is 6.96. The maximum atomic E-state index is 12.0. The van der Waals surface area contributed by atoms with Crippen molar-refractivity contribution >= 4 is 22.9 Å². The maximum absolute atomic E-state index is 12.0. The lowest BCUT2D eigenvalue weighted by molar-refractivity contribution is -0.122. The van der Waals surface area contributed by atoms with Gasteiger partial charge in [-0.25, -0.2) is 4.79 Å². The fraction of sp³-hybridized carbons (Fsp3) is 0.333. The zero-order valence-corrected chi connectivity index (χ0v) is 12.8. The fourth-order valence-corrected chi connectivity index (χ4v) is 2.34. The van der Waals surface area contributed by atoms with Crippen LogP contribution in [0.2, 0.25) is 0 Å². The van der Waals surface area contributed by atoms with Crippen LogP contribution in [0.5, 0.6) is 0 Å². The lowest BCUT2D eigenvalue weighted by Crippen LogP contribution is -2.47. The van der Waals surface area contributed by atoms with Crippen molar-refractivity contribution in [3.05, 3.63) is 36.0 Å². The third-order valence-corrected chi connectivity index (χ3v) is 3.42. The number of para-hydroxylation sites is 1. The Morgan fingerprint density at radius 1 is 1.27 bits per heavy atom.